The highest BCUT2D eigenvalue weighted by molar-refractivity contribution is 5.96. The van der Waals surface area contributed by atoms with Crippen LogP contribution in [0, 0.1) is 0 Å². The largest absolute Gasteiger partial charge is 0.480 e. The van der Waals surface area contributed by atoms with Gasteiger partial charge in [-0.2, -0.15) is 0 Å². The Hall–Kier alpha value is -4.24. The number of rotatable bonds is 5. The maximum atomic E-state index is 12.7. The van der Waals surface area contributed by atoms with Gasteiger partial charge in [-0.1, -0.05) is 48.5 Å². The molecular weight excluding hydrogens is 450 g/mol. The van der Waals surface area contributed by atoms with Gasteiger partial charge in [0.1, 0.15) is 18.3 Å². The summed E-state index contributed by atoms with van der Waals surface area (Å²) >= 11 is 0. The molecule has 9 nitrogen and oxygen atoms in total. The van der Waals surface area contributed by atoms with Crippen LogP contribution in [0.1, 0.15) is 34.0 Å². The van der Waals surface area contributed by atoms with Crippen molar-refractivity contribution in [3.05, 3.63) is 83.7 Å². The molecule has 1 aromatic heterocycles. The Labute approximate surface area is 201 Å². The summed E-state index contributed by atoms with van der Waals surface area (Å²) in [6.07, 6.45) is -0.268. The number of nitrogens with one attached hydrogen (secondary N) is 1. The maximum Gasteiger partial charge on any atom is 0.411 e. The van der Waals surface area contributed by atoms with Gasteiger partial charge >= 0.3 is 12.1 Å². The van der Waals surface area contributed by atoms with Gasteiger partial charge in [-0.25, -0.2) is 14.6 Å². The molecule has 2 atom stereocenters. The lowest BCUT2D eigenvalue weighted by atomic mass is 9.98. The number of pyridine rings is 1. The minimum atomic E-state index is -1.18. The highest BCUT2D eigenvalue weighted by atomic mass is 16.5. The van der Waals surface area contributed by atoms with Gasteiger partial charge in [0.25, 0.3) is 5.91 Å². The van der Waals surface area contributed by atoms with E-state index >= 15 is 0 Å². The van der Waals surface area contributed by atoms with Crippen LogP contribution < -0.4 is 5.32 Å². The molecule has 178 valence electrons. The zero-order valence-electron chi connectivity index (χ0n) is 18.6. The Morgan fingerprint density at radius 3 is 2.26 bits per heavy atom. The molecule has 5 rings (SSSR count). The Balaban J connectivity index is 1.21. The number of hydrogen-bond donors (Lipinski definition) is 3. The van der Waals surface area contributed by atoms with Gasteiger partial charge in [0.15, 0.2) is 0 Å². The summed E-state index contributed by atoms with van der Waals surface area (Å²) < 4.78 is 5.51. The fourth-order valence-electron chi connectivity index (χ4n) is 4.77. The predicted octanol–water partition coefficient (Wildman–Crippen LogP) is 3.10. The van der Waals surface area contributed by atoms with Crippen molar-refractivity contribution >= 4 is 23.7 Å². The molecule has 3 aromatic rings. The molecule has 0 spiro atoms. The van der Waals surface area contributed by atoms with E-state index in [1.807, 2.05) is 36.4 Å². The molecule has 2 aromatic carbocycles. The van der Waals surface area contributed by atoms with Gasteiger partial charge in [-0.3, -0.25) is 10.1 Å². The van der Waals surface area contributed by atoms with Gasteiger partial charge in [0.05, 0.1) is 18.0 Å². The summed E-state index contributed by atoms with van der Waals surface area (Å²) in [5.74, 6) is -1.84. The standard InChI is InChI=1S/C26H23N3O6/c30-16-11-23(25(32)33)29(13-16)24(31)22-10-9-15(12-27-22)28-26(34)35-14-21-19-7-3-1-5-17(19)18-6-2-4-8-20(18)21/h1-10,12,16,21,23,30H,11,13-14H2,(H,28,34)(H,32,33)/t16-,23-/m1/s1. The molecule has 1 saturated heterocycles. The molecule has 1 aliphatic heterocycles. The molecular formula is C26H23N3O6. The summed E-state index contributed by atoms with van der Waals surface area (Å²) in [5.41, 5.74) is 4.84. The van der Waals surface area contributed by atoms with Crippen molar-refractivity contribution in [2.24, 2.45) is 0 Å². The van der Waals surface area contributed by atoms with Crippen LogP contribution in [-0.4, -0.2) is 63.4 Å². The van der Waals surface area contributed by atoms with Crippen LogP contribution in [0.15, 0.2) is 66.9 Å². The third-order valence-electron chi connectivity index (χ3n) is 6.40. The van der Waals surface area contributed by atoms with Crippen molar-refractivity contribution in [2.75, 3.05) is 18.5 Å². The maximum absolute atomic E-state index is 12.7. The Bertz CT molecular complexity index is 1250. The van der Waals surface area contributed by atoms with Crippen molar-refractivity contribution < 1.29 is 29.3 Å². The fourth-order valence-corrected chi connectivity index (χ4v) is 4.77. The highest BCUT2D eigenvalue weighted by Crippen LogP contribution is 2.44. The first-order valence-electron chi connectivity index (χ1n) is 11.2. The van der Waals surface area contributed by atoms with E-state index in [-0.39, 0.29) is 31.2 Å². The second kappa shape index (κ2) is 9.19. The monoisotopic (exact) mass is 473 g/mol. The molecule has 1 fully saturated rings. The van der Waals surface area contributed by atoms with Crippen molar-refractivity contribution in [3.8, 4) is 11.1 Å². The second-order valence-corrected chi connectivity index (χ2v) is 8.58. The lowest BCUT2D eigenvalue weighted by molar-refractivity contribution is -0.141. The van der Waals surface area contributed by atoms with Gasteiger partial charge in [-0.15, -0.1) is 0 Å². The van der Waals surface area contributed by atoms with Crippen LogP contribution in [0.5, 0.6) is 0 Å². The zero-order chi connectivity index (χ0) is 24.5. The van der Waals surface area contributed by atoms with E-state index in [0.717, 1.165) is 27.2 Å². The van der Waals surface area contributed by atoms with Crippen molar-refractivity contribution in [2.45, 2.75) is 24.5 Å². The van der Waals surface area contributed by atoms with E-state index in [4.69, 9.17) is 4.74 Å². The minimum Gasteiger partial charge on any atom is -0.480 e. The highest BCUT2D eigenvalue weighted by Gasteiger charge is 2.39. The number of ether oxygens (including phenoxy) is 1. The molecule has 2 amide bonds. The number of aliphatic hydroxyl groups is 1. The lowest BCUT2D eigenvalue weighted by Crippen LogP contribution is -2.40. The summed E-state index contributed by atoms with van der Waals surface area (Å²) in [6.45, 7) is 0.0922. The zero-order valence-corrected chi connectivity index (χ0v) is 18.6. The molecule has 0 radical (unpaired) electrons. The number of benzene rings is 2. The lowest BCUT2D eigenvalue weighted by Gasteiger charge is -2.20. The van der Waals surface area contributed by atoms with Gasteiger partial charge in [0.2, 0.25) is 0 Å². The van der Waals surface area contributed by atoms with E-state index in [1.165, 1.54) is 18.3 Å². The third kappa shape index (κ3) is 4.33. The summed E-state index contributed by atoms with van der Waals surface area (Å²) in [5, 5.41) is 21.6. The molecule has 3 N–H and O–H groups in total. The van der Waals surface area contributed by atoms with Gasteiger partial charge < -0.3 is 19.8 Å². The molecule has 9 heteroatoms. The Morgan fingerprint density at radius 2 is 1.66 bits per heavy atom. The van der Waals surface area contributed by atoms with Crippen molar-refractivity contribution in [3.63, 3.8) is 0 Å². The van der Waals surface area contributed by atoms with E-state index in [9.17, 15) is 24.6 Å². The van der Waals surface area contributed by atoms with Crippen LogP contribution in [0.3, 0.4) is 0 Å². The first-order valence-corrected chi connectivity index (χ1v) is 11.2. The van der Waals surface area contributed by atoms with Crippen LogP contribution in [-0.2, 0) is 9.53 Å². The number of carbonyl (C=O) groups is 3. The number of β-amino-alcohol motifs (C(OH)–C–C–N with tert-alkyl or cyclic N) is 1. The first-order chi connectivity index (χ1) is 16.9. The number of amides is 2. The van der Waals surface area contributed by atoms with Crippen LogP contribution >= 0.6 is 0 Å². The molecule has 0 bridgehead atoms. The average molecular weight is 473 g/mol. The smallest absolute Gasteiger partial charge is 0.411 e. The number of aliphatic carboxylic acids is 1. The number of fused-ring (bicyclic) bond motifs is 3. The van der Waals surface area contributed by atoms with Crippen LogP contribution in [0.2, 0.25) is 0 Å². The minimum absolute atomic E-state index is 0.0171. The third-order valence-corrected chi connectivity index (χ3v) is 6.40. The van der Waals surface area contributed by atoms with Crippen LogP contribution in [0.25, 0.3) is 11.1 Å². The molecule has 1 aliphatic carbocycles. The number of carbonyl (C=O) groups excluding carboxylic acids is 2. The predicted molar refractivity (Wildman–Crippen MR) is 126 cm³/mol. The van der Waals surface area contributed by atoms with Crippen LogP contribution in [0.4, 0.5) is 10.5 Å². The number of carboxylic acids is 1. The molecule has 2 aliphatic rings. The Morgan fingerprint density at radius 1 is 1.00 bits per heavy atom. The molecule has 35 heavy (non-hydrogen) atoms. The number of likely N-dealkylation sites (tertiary alicyclic amines) is 1. The van der Waals surface area contributed by atoms with Gasteiger partial charge in [0, 0.05) is 18.9 Å². The molecule has 2 heterocycles. The second-order valence-electron chi connectivity index (χ2n) is 8.58. The van der Waals surface area contributed by atoms with E-state index in [0.29, 0.717) is 5.69 Å². The Kier molecular flexibility index (Phi) is 5.92. The van der Waals surface area contributed by atoms with Gasteiger partial charge in [-0.05, 0) is 34.4 Å². The quantitative estimate of drug-likeness (QED) is 0.519. The van der Waals surface area contributed by atoms with E-state index in [2.05, 4.69) is 22.4 Å². The number of hydrogen-bond acceptors (Lipinski definition) is 6. The van der Waals surface area contributed by atoms with Crippen molar-refractivity contribution in [1.29, 1.82) is 0 Å². The fraction of sp³-hybridized carbons (Fsp3) is 0.231. The summed E-state index contributed by atoms with van der Waals surface area (Å²) in [4.78, 5) is 41.6. The first kappa shape index (κ1) is 22.5. The normalized spacial score (nSPS) is 18.6. The van der Waals surface area contributed by atoms with Crippen molar-refractivity contribution in [1.82, 2.24) is 9.88 Å². The molecule has 0 saturated carbocycles. The topological polar surface area (TPSA) is 129 Å². The number of nitrogens with zero attached hydrogens (tertiary/aromatic N) is 2. The summed E-state index contributed by atoms with van der Waals surface area (Å²) in [7, 11) is 0. The number of anilines is 1. The van der Waals surface area contributed by atoms with E-state index in [1.54, 1.807) is 0 Å². The average Bonchev–Trinajstić information content (AvgIpc) is 3.41. The SMILES string of the molecule is O=C(Nc1ccc(C(=O)N2C[C@H](O)C[C@@H]2C(=O)O)nc1)OCC1c2ccccc2-c2ccccc21. The van der Waals surface area contributed by atoms with E-state index < -0.39 is 30.1 Å². The summed E-state index contributed by atoms with van der Waals surface area (Å²) in [6, 6.07) is 17.9. The number of aliphatic hydroxyl groups excluding tert-OH is 1. The molecule has 0 unspecified atom stereocenters. The number of carboxylic acid groups (broad SMARTS) is 1. The number of aromatic nitrogens is 1.